The fraction of sp³-hybridized carbons (Fsp3) is 0.440. The summed E-state index contributed by atoms with van der Waals surface area (Å²) in [6.45, 7) is 8.67. The van der Waals surface area contributed by atoms with Crippen LogP contribution in [0.5, 0.6) is 5.75 Å². The molecule has 0 heterocycles. The Bertz CT molecular complexity index is 805. The Morgan fingerprint density at radius 2 is 1.77 bits per heavy atom. The van der Waals surface area contributed by atoms with E-state index in [-0.39, 0.29) is 6.09 Å². The Labute approximate surface area is 186 Å². The van der Waals surface area contributed by atoms with Gasteiger partial charge in [-0.25, -0.2) is 4.79 Å². The fourth-order valence-corrected chi connectivity index (χ4v) is 2.87. The zero-order valence-corrected chi connectivity index (χ0v) is 18.9. The van der Waals surface area contributed by atoms with Crippen LogP contribution in [-0.2, 0) is 17.7 Å². The summed E-state index contributed by atoms with van der Waals surface area (Å²) in [5, 5.41) is 0. The van der Waals surface area contributed by atoms with Crippen LogP contribution in [0.3, 0.4) is 0 Å². The largest absolute Gasteiger partial charge is 0.493 e. The van der Waals surface area contributed by atoms with Crippen LogP contribution in [0, 0.1) is 5.92 Å². The molecule has 1 amide bonds. The van der Waals surface area contributed by atoms with Crippen LogP contribution in [0.25, 0.3) is 0 Å². The predicted octanol–water partition coefficient (Wildman–Crippen LogP) is 4.67. The molecule has 0 aromatic heterocycles. The second-order valence-electron chi connectivity index (χ2n) is 7.84. The summed E-state index contributed by atoms with van der Waals surface area (Å²) in [5.41, 5.74) is 8.27. The number of hydrogen-bond acceptors (Lipinski definition) is 4. The highest BCUT2D eigenvalue weighted by Crippen LogP contribution is 2.14. The maximum absolute atomic E-state index is 12.2. The monoisotopic (exact) mass is 425 g/mol. The maximum atomic E-state index is 12.2. The summed E-state index contributed by atoms with van der Waals surface area (Å²) in [5.74, 6) is 1.69. The van der Waals surface area contributed by atoms with Crippen LogP contribution in [-0.4, -0.2) is 43.1 Å². The van der Waals surface area contributed by atoms with Crippen LogP contribution in [0.4, 0.5) is 4.79 Å². The number of hydrogen-bond donors (Lipinski definition) is 1. The van der Waals surface area contributed by atoms with Gasteiger partial charge in [-0.1, -0.05) is 56.3 Å². The van der Waals surface area contributed by atoms with Crippen molar-refractivity contribution in [1.29, 1.82) is 0 Å². The molecule has 0 radical (unpaired) electrons. The molecule has 0 saturated heterocycles. The third kappa shape index (κ3) is 9.55. The first-order valence-electron chi connectivity index (χ1n) is 10.9. The molecule has 0 aliphatic heterocycles. The molecule has 0 aliphatic rings. The summed E-state index contributed by atoms with van der Waals surface area (Å²) in [6.07, 6.45) is 1.18. The lowest BCUT2D eigenvalue weighted by Crippen LogP contribution is -2.31. The summed E-state index contributed by atoms with van der Waals surface area (Å²) < 4.78 is 11.1. The van der Waals surface area contributed by atoms with Crippen molar-refractivity contribution in [2.75, 3.05) is 26.3 Å². The van der Waals surface area contributed by atoms with Gasteiger partial charge in [-0.2, -0.15) is 0 Å². The third-order valence-electron chi connectivity index (χ3n) is 4.66. The van der Waals surface area contributed by atoms with Gasteiger partial charge < -0.3 is 20.1 Å². The van der Waals surface area contributed by atoms with E-state index >= 15 is 0 Å². The Hall–Kier alpha value is -3.02. The number of carbonyl (C=O) groups excluding carboxylic acids is 1. The number of amidine groups is 1. The number of benzene rings is 2. The molecular weight excluding hydrogens is 390 g/mol. The minimum absolute atomic E-state index is 0.279. The van der Waals surface area contributed by atoms with Crippen molar-refractivity contribution in [1.82, 2.24) is 4.90 Å². The first kappa shape index (κ1) is 24.3. The predicted molar refractivity (Wildman–Crippen MR) is 125 cm³/mol. The van der Waals surface area contributed by atoms with E-state index in [0.717, 1.165) is 17.7 Å². The van der Waals surface area contributed by atoms with Gasteiger partial charge in [0.2, 0.25) is 0 Å². The van der Waals surface area contributed by atoms with Gasteiger partial charge in [-0.15, -0.1) is 0 Å². The van der Waals surface area contributed by atoms with Gasteiger partial charge in [0.25, 0.3) is 0 Å². The Morgan fingerprint density at radius 1 is 1.06 bits per heavy atom. The van der Waals surface area contributed by atoms with Crippen LogP contribution in [0.15, 0.2) is 59.6 Å². The average molecular weight is 426 g/mol. The lowest BCUT2D eigenvalue weighted by Gasteiger charge is -2.21. The zero-order valence-electron chi connectivity index (χ0n) is 18.9. The molecule has 2 aromatic rings. The first-order chi connectivity index (χ1) is 15.0. The fourth-order valence-electron chi connectivity index (χ4n) is 2.87. The quantitative estimate of drug-likeness (QED) is 0.396. The number of nitrogens with zero attached hydrogens (tertiary/aromatic N) is 2. The summed E-state index contributed by atoms with van der Waals surface area (Å²) in [4.78, 5) is 18.3. The standard InChI is InChI=1S/C25H35N3O3/c1-4-28(25(29)31-19-20(2)3)18-22-10-12-23(13-11-22)30-17-15-24(26)27-16-14-21-8-6-5-7-9-21/h5-13,20H,4,14-19H2,1-3H3,(H2,26,27). The van der Waals surface area contributed by atoms with E-state index in [4.69, 9.17) is 15.2 Å². The van der Waals surface area contributed by atoms with Crippen molar-refractivity contribution < 1.29 is 14.3 Å². The van der Waals surface area contributed by atoms with Crippen molar-refractivity contribution in [3.8, 4) is 5.75 Å². The minimum Gasteiger partial charge on any atom is -0.493 e. The van der Waals surface area contributed by atoms with E-state index < -0.39 is 0 Å². The maximum Gasteiger partial charge on any atom is 0.410 e. The zero-order chi connectivity index (χ0) is 22.5. The number of rotatable bonds is 12. The molecule has 0 saturated carbocycles. The third-order valence-corrected chi connectivity index (χ3v) is 4.66. The van der Waals surface area contributed by atoms with E-state index in [1.54, 1.807) is 4.90 Å². The van der Waals surface area contributed by atoms with Crippen LogP contribution in [0.1, 0.15) is 38.3 Å². The lowest BCUT2D eigenvalue weighted by molar-refractivity contribution is 0.0915. The van der Waals surface area contributed by atoms with E-state index in [0.29, 0.717) is 51.0 Å². The Morgan fingerprint density at radius 3 is 2.42 bits per heavy atom. The van der Waals surface area contributed by atoms with Gasteiger partial charge in [0.05, 0.1) is 19.0 Å². The molecule has 2 aromatic carbocycles. The summed E-state index contributed by atoms with van der Waals surface area (Å²) in [7, 11) is 0. The van der Waals surface area contributed by atoms with Crippen molar-refractivity contribution in [2.24, 2.45) is 16.6 Å². The second-order valence-corrected chi connectivity index (χ2v) is 7.84. The molecule has 2 rings (SSSR count). The van der Waals surface area contributed by atoms with E-state index in [1.165, 1.54) is 5.56 Å². The first-order valence-corrected chi connectivity index (χ1v) is 10.9. The van der Waals surface area contributed by atoms with Crippen LogP contribution < -0.4 is 10.5 Å². The molecule has 6 nitrogen and oxygen atoms in total. The highest BCUT2D eigenvalue weighted by atomic mass is 16.6. The molecule has 168 valence electrons. The molecule has 6 heteroatoms. The van der Waals surface area contributed by atoms with Gasteiger partial charge in [0.15, 0.2) is 0 Å². The number of amides is 1. The number of ether oxygens (including phenoxy) is 2. The van der Waals surface area contributed by atoms with Gasteiger partial charge in [0, 0.05) is 26.1 Å². The molecule has 0 aliphatic carbocycles. The van der Waals surface area contributed by atoms with Crippen molar-refractivity contribution >= 4 is 11.9 Å². The Balaban J connectivity index is 1.72. The van der Waals surface area contributed by atoms with Gasteiger partial charge in [-0.3, -0.25) is 4.99 Å². The van der Waals surface area contributed by atoms with Gasteiger partial charge in [0.1, 0.15) is 5.75 Å². The highest BCUT2D eigenvalue weighted by Gasteiger charge is 2.14. The molecule has 0 bridgehead atoms. The molecule has 31 heavy (non-hydrogen) atoms. The average Bonchev–Trinajstić information content (AvgIpc) is 2.77. The molecule has 0 atom stereocenters. The van der Waals surface area contributed by atoms with Crippen molar-refractivity contribution in [2.45, 2.75) is 40.2 Å². The summed E-state index contributed by atoms with van der Waals surface area (Å²) in [6, 6.07) is 18.0. The SMILES string of the molecule is CCN(Cc1ccc(OCCC(N)=NCCc2ccccc2)cc1)C(=O)OCC(C)C. The normalized spacial score (nSPS) is 11.4. The lowest BCUT2D eigenvalue weighted by atomic mass is 10.1. The van der Waals surface area contributed by atoms with Gasteiger partial charge >= 0.3 is 6.09 Å². The summed E-state index contributed by atoms with van der Waals surface area (Å²) >= 11 is 0. The molecule has 0 unspecified atom stereocenters. The molecule has 0 fully saturated rings. The number of nitrogens with two attached hydrogens (primary N) is 1. The topological polar surface area (TPSA) is 77.2 Å². The minimum atomic E-state index is -0.279. The Kier molecular flexibility index (Phi) is 10.4. The van der Waals surface area contributed by atoms with E-state index in [1.807, 2.05) is 63.2 Å². The molecular formula is C25H35N3O3. The molecule has 0 spiro atoms. The van der Waals surface area contributed by atoms with Crippen LogP contribution in [0.2, 0.25) is 0 Å². The van der Waals surface area contributed by atoms with Gasteiger partial charge in [-0.05, 0) is 42.5 Å². The second kappa shape index (κ2) is 13.3. The highest BCUT2D eigenvalue weighted by molar-refractivity contribution is 5.80. The smallest absolute Gasteiger partial charge is 0.410 e. The van der Waals surface area contributed by atoms with E-state index in [9.17, 15) is 4.79 Å². The molecule has 2 N–H and O–H groups in total. The number of aliphatic imine (C=N–C) groups is 1. The van der Waals surface area contributed by atoms with Crippen molar-refractivity contribution in [3.63, 3.8) is 0 Å². The van der Waals surface area contributed by atoms with E-state index in [2.05, 4.69) is 17.1 Å². The van der Waals surface area contributed by atoms with Crippen molar-refractivity contribution in [3.05, 3.63) is 65.7 Å². The number of carbonyl (C=O) groups is 1. The van der Waals surface area contributed by atoms with Crippen LogP contribution >= 0.6 is 0 Å².